The van der Waals surface area contributed by atoms with Crippen molar-refractivity contribution in [1.82, 2.24) is 9.47 Å². The summed E-state index contributed by atoms with van der Waals surface area (Å²) in [6.07, 6.45) is 4.76. The van der Waals surface area contributed by atoms with Gasteiger partial charge < -0.3 is 24.3 Å². The number of benzene rings is 2. The first-order valence-corrected chi connectivity index (χ1v) is 11.7. The molecule has 0 saturated carbocycles. The van der Waals surface area contributed by atoms with Gasteiger partial charge in [0.05, 0.1) is 35.9 Å². The van der Waals surface area contributed by atoms with Crippen molar-refractivity contribution in [2.45, 2.75) is 37.0 Å². The fraction of sp³-hybridized carbons (Fsp3) is 0.370. The summed E-state index contributed by atoms with van der Waals surface area (Å²) >= 11 is 0. The first-order valence-electron chi connectivity index (χ1n) is 11.7. The van der Waals surface area contributed by atoms with Gasteiger partial charge in [0.2, 0.25) is 0 Å². The number of ether oxygens (including phenoxy) is 2. The number of para-hydroxylation sites is 2. The van der Waals surface area contributed by atoms with E-state index in [9.17, 15) is 4.79 Å². The molecule has 0 unspecified atom stereocenters. The molecule has 0 bridgehead atoms. The Hall–Kier alpha value is -3.09. The van der Waals surface area contributed by atoms with E-state index in [0.29, 0.717) is 26.3 Å². The van der Waals surface area contributed by atoms with E-state index in [1.54, 1.807) is 7.11 Å². The number of carbonyl (C=O) groups excluding carboxylic acids is 1. The quantitative estimate of drug-likeness (QED) is 0.654. The van der Waals surface area contributed by atoms with E-state index in [0.717, 1.165) is 36.1 Å². The second kappa shape index (κ2) is 7.75. The van der Waals surface area contributed by atoms with Crippen molar-refractivity contribution in [2.75, 3.05) is 32.1 Å². The number of hydrogen-bond donors (Lipinski definition) is 1. The minimum Gasteiger partial charge on any atom is -0.380 e. The first-order chi connectivity index (χ1) is 16.1. The predicted molar refractivity (Wildman–Crippen MR) is 127 cm³/mol. The molecule has 1 atom stereocenters. The molecule has 2 saturated heterocycles. The molecule has 2 aromatic carbocycles. The molecule has 3 aromatic rings. The van der Waals surface area contributed by atoms with E-state index in [4.69, 9.17) is 9.47 Å². The van der Waals surface area contributed by atoms with Crippen LogP contribution in [0, 0.1) is 0 Å². The van der Waals surface area contributed by atoms with Crippen LogP contribution in [0.15, 0.2) is 66.9 Å². The molecule has 1 aromatic heterocycles. The molecule has 3 aliphatic heterocycles. The smallest absolute Gasteiger partial charge is 0.253 e. The number of aromatic nitrogens is 1. The van der Waals surface area contributed by atoms with Gasteiger partial charge >= 0.3 is 0 Å². The molecule has 6 heteroatoms. The average Bonchev–Trinajstić information content (AvgIpc) is 3.47. The van der Waals surface area contributed by atoms with Gasteiger partial charge in [-0.15, -0.1) is 0 Å². The molecule has 1 N–H and O–H groups in total. The number of methoxy groups -OCH3 is 1. The Morgan fingerprint density at radius 2 is 1.85 bits per heavy atom. The Balaban J connectivity index is 1.17. The third kappa shape index (κ3) is 3.36. The maximum atomic E-state index is 13.1. The van der Waals surface area contributed by atoms with Crippen LogP contribution in [0.25, 0.3) is 5.69 Å². The van der Waals surface area contributed by atoms with Crippen LogP contribution < -0.4 is 5.32 Å². The van der Waals surface area contributed by atoms with Crippen LogP contribution in [-0.2, 0) is 21.6 Å². The third-order valence-electron chi connectivity index (χ3n) is 7.50. The molecular weight excluding hydrogens is 414 g/mol. The molecule has 4 heterocycles. The SMILES string of the molecule is COCc1ccc(C(=O)N2CCC3(CC2)C[C@@]2(CO3)Nc3ccccc3-n3cccc32)cc1. The van der Waals surface area contributed by atoms with Gasteiger partial charge in [-0.2, -0.15) is 0 Å². The number of fused-ring (bicyclic) bond motifs is 4. The van der Waals surface area contributed by atoms with Crippen molar-refractivity contribution in [3.8, 4) is 5.69 Å². The fourth-order valence-corrected chi connectivity index (χ4v) is 5.80. The minimum atomic E-state index is -0.235. The minimum absolute atomic E-state index is 0.0973. The topological polar surface area (TPSA) is 55.7 Å². The lowest BCUT2D eigenvalue weighted by Crippen LogP contribution is -2.48. The van der Waals surface area contributed by atoms with Gasteiger partial charge in [-0.3, -0.25) is 4.79 Å². The van der Waals surface area contributed by atoms with Crippen molar-refractivity contribution in [3.63, 3.8) is 0 Å². The fourth-order valence-electron chi connectivity index (χ4n) is 5.80. The van der Waals surface area contributed by atoms with E-state index in [-0.39, 0.29) is 17.0 Å². The maximum Gasteiger partial charge on any atom is 0.253 e. The summed E-state index contributed by atoms with van der Waals surface area (Å²) in [6, 6.07) is 20.5. The van der Waals surface area contributed by atoms with Crippen molar-refractivity contribution in [3.05, 3.63) is 83.7 Å². The second-order valence-corrected chi connectivity index (χ2v) is 9.56. The molecule has 1 amide bonds. The summed E-state index contributed by atoms with van der Waals surface area (Å²) in [6.45, 7) is 2.63. The summed E-state index contributed by atoms with van der Waals surface area (Å²) in [7, 11) is 1.68. The number of anilines is 1. The van der Waals surface area contributed by atoms with Crippen molar-refractivity contribution >= 4 is 11.6 Å². The highest BCUT2D eigenvalue weighted by Gasteiger charge is 2.54. The van der Waals surface area contributed by atoms with Crippen LogP contribution in [-0.4, -0.2) is 47.8 Å². The summed E-state index contributed by atoms with van der Waals surface area (Å²) in [5.41, 5.74) is 4.95. The Kier molecular flexibility index (Phi) is 4.82. The highest BCUT2D eigenvalue weighted by molar-refractivity contribution is 5.94. The molecule has 6 rings (SSSR count). The van der Waals surface area contributed by atoms with E-state index in [1.807, 2.05) is 29.2 Å². The van der Waals surface area contributed by atoms with Gasteiger partial charge in [-0.05, 0) is 54.8 Å². The summed E-state index contributed by atoms with van der Waals surface area (Å²) in [5.74, 6) is 0.0973. The van der Waals surface area contributed by atoms with Crippen LogP contribution in [0.3, 0.4) is 0 Å². The molecule has 170 valence electrons. The number of nitrogens with one attached hydrogen (secondary N) is 1. The number of nitrogens with zero attached hydrogens (tertiary/aromatic N) is 2. The Labute approximate surface area is 194 Å². The zero-order valence-electron chi connectivity index (χ0n) is 18.9. The molecular formula is C27H29N3O3. The van der Waals surface area contributed by atoms with Crippen LogP contribution in [0.5, 0.6) is 0 Å². The maximum absolute atomic E-state index is 13.1. The van der Waals surface area contributed by atoms with Crippen LogP contribution in [0.1, 0.15) is 40.9 Å². The van der Waals surface area contributed by atoms with Crippen LogP contribution >= 0.6 is 0 Å². The van der Waals surface area contributed by atoms with E-state index >= 15 is 0 Å². The van der Waals surface area contributed by atoms with Crippen LogP contribution in [0.2, 0.25) is 0 Å². The van der Waals surface area contributed by atoms with Gasteiger partial charge in [0.15, 0.2) is 0 Å². The summed E-state index contributed by atoms with van der Waals surface area (Å²) in [5, 5.41) is 3.83. The number of amides is 1. The molecule has 2 spiro atoms. The Morgan fingerprint density at radius 3 is 2.64 bits per heavy atom. The third-order valence-corrected chi connectivity index (χ3v) is 7.50. The highest BCUT2D eigenvalue weighted by Crippen LogP contribution is 2.50. The van der Waals surface area contributed by atoms with Gasteiger partial charge in [0, 0.05) is 38.4 Å². The van der Waals surface area contributed by atoms with Crippen molar-refractivity contribution in [1.29, 1.82) is 0 Å². The molecule has 0 radical (unpaired) electrons. The molecule has 0 aliphatic carbocycles. The van der Waals surface area contributed by atoms with Gasteiger partial charge in [-0.25, -0.2) is 0 Å². The number of likely N-dealkylation sites (tertiary alicyclic amines) is 1. The van der Waals surface area contributed by atoms with Crippen molar-refractivity contribution < 1.29 is 14.3 Å². The standard InChI is InChI=1S/C27H29N3O3/c1-32-17-20-8-10-21(11-9-20)25(31)29-15-12-26(13-16-29)18-27(19-33-26)24-7-4-14-30(24)23-6-3-2-5-22(23)28-27/h2-11,14,28H,12-13,15-19H2,1H3/t27-/m0/s1. The normalized spacial score (nSPS) is 22.8. The first kappa shape index (κ1) is 20.5. The largest absolute Gasteiger partial charge is 0.380 e. The highest BCUT2D eigenvalue weighted by atomic mass is 16.5. The summed E-state index contributed by atoms with van der Waals surface area (Å²) < 4.78 is 14.0. The Bertz CT molecular complexity index is 1180. The zero-order valence-corrected chi connectivity index (χ0v) is 18.9. The number of carbonyl (C=O) groups is 1. The van der Waals surface area contributed by atoms with E-state index in [2.05, 4.69) is 52.5 Å². The average molecular weight is 444 g/mol. The number of rotatable bonds is 3. The van der Waals surface area contributed by atoms with Gasteiger partial charge in [-0.1, -0.05) is 24.3 Å². The van der Waals surface area contributed by atoms with E-state index < -0.39 is 0 Å². The van der Waals surface area contributed by atoms with Crippen LogP contribution in [0.4, 0.5) is 5.69 Å². The Morgan fingerprint density at radius 1 is 1.06 bits per heavy atom. The molecule has 6 nitrogen and oxygen atoms in total. The molecule has 2 fully saturated rings. The van der Waals surface area contributed by atoms with Crippen molar-refractivity contribution in [2.24, 2.45) is 0 Å². The number of hydrogen-bond acceptors (Lipinski definition) is 4. The lowest BCUT2D eigenvalue weighted by atomic mass is 9.79. The lowest BCUT2D eigenvalue weighted by Gasteiger charge is -2.41. The van der Waals surface area contributed by atoms with Gasteiger partial charge in [0.25, 0.3) is 5.91 Å². The summed E-state index contributed by atoms with van der Waals surface area (Å²) in [4.78, 5) is 15.0. The van der Waals surface area contributed by atoms with Gasteiger partial charge in [0.1, 0.15) is 5.54 Å². The monoisotopic (exact) mass is 443 g/mol. The molecule has 33 heavy (non-hydrogen) atoms. The number of piperidine rings is 1. The second-order valence-electron chi connectivity index (χ2n) is 9.56. The molecule has 3 aliphatic rings. The zero-order chi connectivity index (χ0) is 22.5. The van der Waals surface area contributed by atoms with E-state index in [1.165, 1.54) is 11.4 Å². The lowest BCUT2D eigenvalue weighted by molar-refractivity contribution is -0.0392. The predicted octanol–water partition coefficient (Wildman–Crippen LogP) is 4.34.